The van der Waals surface area contributed by atoms with Crippen molar-refractivity contribution in [1.82, 2.24) is 15.5 Å². The minimum Gasteiger partial charge on any atom is -0.507 e. The van der Waals surface area contributed by atoms with E-state index in [1.807, 2.05) is 27.7 Å². The van der Waals surface area contributed by atoms with Gasteiger partial charge in [0.1, 0.15) is 23.4 Å². The first-order valence-electron chi connectivity index (χ1n) is 12.7. The molecule has 0 aromatic heterocycles. The van der Waals surface area contributed by atoms with E-state index >= 15 is 0 Å². The van der Waals surface area contributed by atoms with E-state index in [0.717, 1.165) is 25.7 Å². The number of aryl methyl sites for hydroxylation is 1. The molecule has 8 heteroatoms. The number of para-hydroxylation sites is 1. The van der Waals surface area contributed by atoms with Crippen LogP contribution in [0.4, 0.5) is 4.79 Å². The van der Waals surface area contributed by atoms with Crippen molar-refractivity contribution in [2.75, 3.05) is 0 Å². The predicted octanol–water partition coefficient (Wildman–Crippen LogP) is 4.59. The van der Waals surface area contributed by atoms with Gasteiger partial charge in [0.15, 0.2) is 0 Å². The number of aromatic hydroxyl groups is 1. The fraction of sp³-hybridized carbons (Fsp3) is 0.667. The van der Waals surface area contributed by atoms with Crippen LogP contribution in [0.15, 0.2) is 18.2 Å². The molecule has 0 heterocycles. The maximum absolute atomic E-state index is 14.0. The first-order chi connectivity index (χ1) is 16.3. The van der Waals surface area contributed by atoms with E-state index in [0.29, 0.717) is 11.1 Å². The van der Waals surface area contributed by atoms with Crippen molar-refractivity contribution in [3.63, 3.8) is 0 Å². The molecule has 0 saturated heterocycles. The Bertz CT molecular complexity index is 905. The van der Waals surface area contributed by atoms with E-state index in [-0.39, 0.29) is 35.6 Å². The summed E-state index contributed by atoms with van der Waals surface area (Å²) in [7, 11) is 0. The van der Waals surface area contributed by atoms with Gasteiger partial charge >= 0.3 is 6.09 Å². The van der Waals surface area contributed by atoms with E-state index in [4.69, 9.17) is 4.74 Å². The first-order valence-corrected chi connectivity index (χ1v) is 12.7. The number of benzene rings is 1. The van der Waals surface area contributed by atoms with Crippen LogP contribution in [-0.2, 0) is 14.3 Å². The second-order valence-corrected chi connectivity index (χ2v) is 11.0. The van der Waals surface area contributed by atoms with Crippen LogP contribution < -0.4 is 10.6 Å². The lowest BCUT2D eigenvalue weighted by Crippen LogP contribution is -2.56. The van der Waals surface area contributed by atoms with E-state index in [2.05, 4.69) is 10.6 Å². The number of ether oxygens (including phenoxy) is 1. The molecule has 1 aromatic rings. The van der Waals surface area contributed by atoms with Crippen LogP contribution in [0, 0.1) is 12.8 Å². The zero-order valence-corrected chi connectivity index (χ0v) is 22.5. The Morgan fingerprint density at radius 3 is 2.29 bits per heavy atom. The van der Waals surface area contributed by atoms with Crippen LogP contribution in [-0.4, -0.2) is 51.6 Å². The summed E-state index contributed by atoms with van der Waals surface area (Å²) in [5, 5.41) is 16.7. The molecule has 0 aliphatic heterocycles. The summed E-state index contributed by atoms with van der Waals surface area (Å²) < 4.78 is 5.39. The average molecular weight is 490 g/mol. The average Bonchev–Trinajstić information content (AvgIpc) is 3.55. The third kappa shape index (κ3) is 7.87. The molecular formula is C27H43N3O5. The molecule has 1 fully saturated rings. The van der Waals surface area contributed by atoms with Crippen molar-refractivity contribution in [2.24, 2.45) is 5.92 Å². The van der Waals surface area contributed by atoms with E-state index in [1.165, 1.54) is 0 Å². The summed E-state index contributed by atoms with van der Waals surface area (Å²) >= 11 is 0. The van der Waals surface area contributed by atoms with Crippen molar-refractivity contribution in [3.05, 3.63) is 29.3 Å². The largest absolute Gasteiger partial charge is 0.507 e. The lowest BCUT2D eigenvalue weighted by Gasteiger charge is -2.36. The molecule has 0 spiro atoms. The van der Waals surface area contributed by atoms with Gasteiger partial charge in [-0.2, -0.15) is 0 Å². The standard InChI is InChI=1S/C27H43N3O5/c1-9-11-18(5)28-24(32)22(20-13-10-12-17(4)23(20)31)30(19-14-15-19)25(33)21(16(2)3)29-26(34)35-27(6,7)8/h10,12-13,16,18-19,21-22,31H,9,11,14-15H2,1-8H3,(H,28,32)(H,29,34). The molecule has 3 atom stereocenters. The highest BCUT2D eigenvalue weighted by molar-refractivity contribution is 5.93. The molecule has 3 amide bonds. The van der Waals surface area contributed by atoms with Gasteiger partial charge in [0.05, 0.1) is 0 Å². The number of amides is 3. The van der Waals surface area contributed by atoms with Crippen molar-refractivity contribution < 1.29 is 24.2 Å². The Balaban J connectivity index is 2.48. The van der Waals surface area contributed by atoms with E-state index < -0.39 is 23.8 Å². The summed E-state index contributed by atoms with van der Waals surface area (Å²) in [5.74, 6) is -0.954. The Hall–Kier alpha value is -2.77. The van der Waals surface area contributed by atoms with Crippen molar-refractivity contribution in [2.45, 2.75) is 111 Å². The number of carbonyl (C=O) groups excluding carboxylic acids is 3. The minimum absolute atomic E-state index is 0.00422. The summed E-state index contributed by atoms with van der Waals surface area (Å²) in [4.78, 5) is 41.7. The molecule has 1 saturated carbocycles. The van der Waals surface area contributed by atoms with Crippen molar-refractivity contribution in [3.8, 4) is 5.75 Å². The molecule has 196 valence electrons. The van der Waals surface area contributed by atoms with E-state index in [9.17, 15) is 19.5 Å². The number of rotatable bonds is 10. The molecule has 0 bridgehead atoms. The predicted molar refractivity (Wildman–Crippen MR) is 136 cm³/mol. The first kappa shape index (κ1) is 28.5. The molecule has 1 aliphatic carbocycles. The van der Waals surface area contributed by atoms with Crippen LogP contribution in [0.1, 0.15) is 91.3 Å². The van der Waals surface area contributed by atoms with Gasteiger partial charge in [-0.3, -0.25) is 9.59 Å². The van der Waals surface area contributed by atoms with Gasteiger partial charge in [-0.1, -0.05) is 45.4 Å². The van der Waals surface area contributed by atoms with Crippen LogP contribution in [0.2, 0.25) is 0 Å². The molecule has 2 rings (SSSR count). The topological polar surface area (TPSA) is 108 Å². The normalized spacial score (nSPS) is 16.3. The Kier molecular flexibility index (Phi) is 9.58. The monoisotopic (exact) mass is 489 g/mol. The SMILES string of the molecule is CCCC(C)NC(=O)C(c1cccc(C)c1O)N(C(=O)C(NC(=O)OC(C)(C)C)C(C)C)C1CC1. The number of nitrogens with zero attached hydrogens (tertiary/aromatic N) is 1. The third-order valence-corrected chi connectivity index (χ3v) is 6.00. The Morgan fingerprint density at radius 1 is 1.14 bits per heavy atom. The molecule has 1 aromatic carbocycles. The molecular weight excluding hydrogens is 446 g/mol. The van der Waals surface area contributed by atoms with E-state index in [1.54, 1.807) is 50.8 Å². The molecule has 3 N–H and O–H groups in total. The smallest absolute Gasteiger partial charge is 0.408 e. The van der Waals surface area contributed by atoms with Crippen LogP contribution in [0.25, 0.3) is 0 Å². The number of phenols is 1. The molecule has 8 nitrogen and oxygen atoms in total. The van der Waals surface area contributed by atoms with Gasteiger partial charge in [-0.05, 0) is 65.4 Å². The molecule has 3 unspecified atom stereocenters. The van der Waals surface area contributed by atoms with Gasteiger partial charge in [0.2, 0.25) is 11.8 Å². The fourth-order valence-corrected chi connectivity index (χ4v) is 4.13. The minimum atomic E-state index is -1.02. The zero-order valence-electron chi connectivity index (χ0n) is 22.5. The maximum atomic E-state index is 14.0. The van der Waals surface area contributed by atoms with Gasteiger partial charge in [-0.15, -0.1) is 0 Å². The van der Waals surface area contributed by atoms with Gasteiger partial charge in [0.25, 0.3) is 0 Å². The fourth-order valence-electron chi connectivity index (χ4n) is 4.13. The highest BCUT2D eigenvalue weighted by Gasteiger charge is 2.45. The molecule has 1 aliphatic rings. The summed E-state index contributed by atoms with van der Waals surface area (Å²) in [6.45, 7) is 14.7. The van der Waals surface area contributed by atoms with Gasteiger partial charge < -0.3 is 25.4 Å². The Labute approximate surface area is 209 Å². The van der Waals surface area contributed by atoms with Gasteiger partial charge in [0, 0.05) is 17.6 Å². The number of hydrogen-bond donors (Lipinski definition) is 3. The summed E-state index contributed by atoms with van der Waals surface area (Å²) in [6.07, 6.45) is 2.52. The lowest BCUT2D eigenvalue weighted by atomic mass is 9.96. The number of phenolic OH excluding ortho intramolecular Hbond substituents is 1. The number of alkyl carbamates (subject to hydrolysis) is 1. The third-order valence-electron chi connectivity index (χ3n) is 6.00. The number of hydrogen-bond acceptors (Lipinski definition) is 5. The zero-order chi connectivity index (χ0) is 26.5. The maximum Gasteiger partial charge on any atom is 0.408 e. The highest BCUT2D eigenvalue weighted by atomic mass is 16.6. The number of nitrogens with one attached hydrogen (secondary N) is 2. The lowest BCUT2D eigenvalue weighted by molar-refractivity contribution is -0.144. The Morgan fingerprint density at radius 2 is 1.77 bits per heavy atom. The van der Waals surface area contributed by atoms with Crippen LogP contribution >= 0.6 is 0 Å². The van der Waals surface area contributed by atoms with Crippen molar-refractivity contribution in [1.29, 1.82) is 0 Å². The second kappa shape index (κ2) is 11.8. The molecule has 0 radical (unpaired) electrons. The summed E-state index contributed by atoms with van der Waals surface area (Å²) in [5.41, 5.74) is 0.291. The van der Waals surface area contributed by atoms with Crippen LogP contribution in [0.3, 0.4) is 0 Å². The quantitative estimate of drug-likeness (QED) is 0.446. The molecule has 35 heavy (non-hydrogen) atoms. The van der Waals surface area contributed by atoms with Crippen molar-refractivity contribution >= 4 is 17.9 Å². The number of carbonyl (C=O) groups is 3. The summed E-state index contributed by atoms with van der Waals surface area (Å²) in [6, 6.07) is 3.08. The van der Waals surface area contributed by atoms with Crippen LogP contribution in [0.5, 0.6) is 5.75 Å². The highest BCUT2D eigenvalue weighted by Crippen LogP contribution is 2.39. The second-order valence-electron chi connectivity index (χ2n) is 11.0. The van der Waals surface area contributed by atoms with Gasteiger partial charge in [-0.25, -0.2) is 4.79 Å².